The molecule has 0 spiro atoms. The van der Waals surface area contributed by atoms with Gasteiger partial charge in [-0.1, -0.05) is 24.3 Å². The number of benzene rings is 2. The first-order valence-electron chi connectivity index (χ1n) is 6.93. The molecule has 5 nitrogen and oxygen atoms in total. The van der Waals surface area contributed by atoms with Crippen molar-refractivity contribution >= 4 is 11.9 Å². The van der Waals surface area contributed by atoms with Gasteiger partial charge in [0.2, 0.25) is 6.10 Å². The first-order chi connectivity index (χ1) is 10.7. The summed E-state index contributed by atoms with van der Waals surface area (Å²) in [6, 6.07) is 15.9. The van der Waals surface area contributed by atoms with Gasteiger partial charge in [0.1, 0.15) is 11.5 Å². The lowest BCUT2D eigenvalue weighted by Crippen LogP contribution is -2.22. The highest BCUT2D eigenvalue weighted by molar-refractivity contribution is 5.92. The molecule has 1 atom stereocenters. The van der Waals surface area contributed by atoms with E-state index < -0.39 is 18.0 Å². The van der Waals surface area contributed by atoms with Gasteiger partial charge in [0.25, 0.3) is 0 Å². The molecule has 0 aromatic heterocycles. The van der Waals surface area contributed by atoms with Crippen molar-refractivity contribution in [2.75, 3.05) is 6.61 Å². The molecule has 1 heterocycles. The Morgan fingerprint density at radius 1 is 1.05 bits per heavy atom. The Morgan fingerprint density at radius 2 is 1.82 bits per heavy atom. The lowest BCUT2D eigenvalue weighted by molar-refractivity contribution is -0.145. The number of cyclic esters (lactones) is 1. The molecule has 1 fully saturated rings. The minimum atomic E-state index is -0.814. The molecule has 5 heteroatoms. The van der Waals surface area contributed by atoms with Crippen LogP contribution in [0.15, 0.2) is 54.6 Å². The Labute approximate surface area is 127 Å². The Kier molecular flexibility index (Phi) is 4.05. The zero-order chi connectivity index (χ0) is 15.4. The molecule has 0 unspecified atom stereocenters. The van der Waals surface area contributed by atoms with Crippen LogP contribution in [0, 0.1) is 0 Å². The van der Waals surface area contributed by atoms with Crippen LogP contribution >= 0.6 is 0 Å². The summed E-state index contributed by atoms with van der Waals surface area (Å²) in [5.41, 5.74) is 0.327. The number of esters is 2. The zero-order valence-corrected chi connectivity index (χ0v) is 11.7. The van der Waals surface area contributed by atoms with E-state index in [-0.39, 0.29) is 6.61 Å². The number of carbonyl (C=O) groups excluding carboxylic acids is 2. The van der Waals surface area contributed by atoms with Gasteiger partial charge in [-0.25, -0.2) is 9.59 Å². The molecule has 1 aliphatic heterocycles. The first kappa shape index (κ1) is 14.1. The fourth-order valence-electron chi connectivity index (χ4n) is 2.09. The van der Waals surface area contributed by atoms with Crippen molar-refractivity contribution in [2.45, 2.75) is 12.5 Å². The number of carbonyl (C=O) groups is 2. The van der Waals surface area contributed by atoms with Crippen molar-refractivity contribution in [3.8, 4) is 11.5 Å². The summed E-state index contributed by atoms with van der Waals surface area (Å²) < 4.78 is 15.6. The van der Waals surface area contributed by atoms with Crippen LogP contribution in [-0.4, -0.2) is 24.6 Å². The topological polar surface area (TPSA) is 61.8 Å². The molecule has 0 N–H and O–H groups in total. The van der Waals surface area contributed by atoms with Crippen LogP contribution in [0.2, 0.25) is 0 Å². The normalized spacial score (nSPS) is 16.9. The quantitative estimate of drug-likeness (QED) is 0.812. The van der Waals surface area contributed by atoms with Gasteiger partial charge in [-0.2, -0.15) is 0 Å². The van der Waals surface area contributed by atoms with Crippen molar-refractivity contribution in [1.29, 1.82) is 0 Å². The Bertz CT molecular complexity index is 680. The summed E-state index contributed by atoms with van der Waals surface area (Å²) in [6.45, 7) is 0.286. The van der Waals surface area contributed by atoms with E-state index in [9.17, 15) is 9.59 Å². The van der Waals surface area contributed by atoms with Gasteiger partial charge >= 0.3 is 11.9 Å². The fourth-order valence-corrected chi connectivity index (χ4v) is 2.09. The van der Waals surface area contributed by atoms with E-state index in [1.54, 1.807) is 24.3 Å². The zero-order valence-electron chi connectivity index (χ0n) is 11.7. The highest BCUT2D eigenvalue weighted by Crippen LogP contribution is 2.22. The average molecular weight is 298 g/mol. The van der Waals surface area contributed by atoms with Crippen molar-refractivity contribution < 1.29 is 23.8 Å². The van der Waals surface area contributed by atoms with Crippen LogP contribution in [0.3, 0.4) is 0 Å². The van der Waals surface area contributed by atoms with Crippen LogP contribution in [0.5, 0.6) is 11.5 Å². The third-order valence-corrected chi connectivity index (χ3v) is 3.19. The molecule has 0 radical (unpaired) electrons. The first-order valence-corrected chi connectivity index (χ1v) is 6.93. The molecule has 112 valence electrons. The standard InChI is InChI=1S/C17H14O5/c18-16(22-15-9-10-20-17(15)19)12-5-4-8-14(11-12)21-13-6-2-1-3-7-13/h1-8,11,15H,9-10H2/t15-/m1/s1. The van der Waals surface area contributed by atoms with E-state index in [1.165, 1.54) is 0 Å². The minimum Gasteiger partial charge on any atom is -0.463 e. The van der Waals surface area contributed by atoms with Gasteiger partial charge in [0.15, 0.2) is 0 Å². The maximum atomic E-state index is 12.1. The van der Waals surface area contributed by atoms with Gasteiger partial charge in [-0.05, 0) is 30.3 Å². The molecule has 0 bridgehead atoms. The monoisotopic (exact) mass is 298 g/mol. The molecule has 0 saturated carbocycles. The second kappa shape index (κ2) is 6.30. The number of para-hydroxylation sites is 1. The summed E-state index contributed by atoms with van der Waals surface area (Å²) in [5.74, 6) is 0.134. The molecular weight excluding hydrogens is 284 g/mol. The van der Waals surface area contributed by atoms with E-state index >= 15 is 0 Å². The van der Waals surface area contributed by atoms with Crippen LogP contribution < -0.4 is 4.74 Å². The SMILES string of the molecule is O=C(O[C@@H]1CCOC1=O)c1cccc(Oc2ccccc2)c1. The predicted octanol–water partition coefficient (Wildman–Crippen LogP) is 2.95. The lowest BCUT2D eigenvalue weighted by Gasteiger charge is -2.10. The molecular formula is C17H14O5. The van der Waals surface area contributed by atoms with E-state index in [0.717, 1.165) is 0 Å². The van der Waals surface area contributed by atoms with Crippen molar-refractivity contribution in [3.05, 3.63) is 60.2 Å². The Hall–Kier alpha value is -2.82. The lowest BCUT2D eigenvalue weighted by atomic mass is 10.2. The fraction of sp³-hybridized carbons (Fsp3) is 0.176. The van der Waals surface area contributed by atoms with Gasteiger partial charge in [0, 0.05) is 6.42 Å². The van der Waals surface area contributed by atoms with Crippen molar-refractivity contribution in [1.82, 2.24) is 0 Å². The number of rotatable bonds is 4. The van der Waals surface area contributed by atoms with Gasteiger partial charge in [-0.3, -0.25) is 0 Å². The Morgan fingerprint density at radius 3 is 2.55 bits per heavy atom. The van der Waals surface area contributed by atoms with Gasteiger partial charge in [0.05, 0.1) is 12.2 Å². The Balaban J connectivity index is 1.70. The van der Waals surface area contributed by atoms with Crippen LogP contribution in [0.1, 0.15) is 16.8 Å². The largest absolute Gasteiger partial charge is 0.463 e. The van der Waals surface area contributed by atoms with Crippen LogP contribution in [0.25, 0.3) is 0 Å². The molecule has 22 heavy (non-hydrogen) atoms. The number of ether oxygens (including phenoxy) is 3. The molecule has 1 saturated heterocycles. The molecule has 2 aromatic rings. The van der Waals surface area contributed by atoms with E-state index in [4.69, 9.17) is 14.2 Å². The number of hydrogen-bond donors (Lipinski definition) is 0. The average Bonchev–Trinajstić information content (AvgIpc) is 2.94. The van der Waals surface area contributed by atoms with Crippen LogP contribution in [0.4, 0.5) is 0 Å². The maximum Gasteiger partial charge on any atom is 0.347 e. The third-order valence-electron chi connectivity index (χ3n) is 3.19. The summed E-state index contributed by atoms with van der Waals surface area (Å²) in [5, 5.41) is 0. The second-order valence-corrected chi connectivity index (χ2v) is 4.79. The summed E-state index contributed by atoms with van der Waals surface area (Å²) >= 11 is 0. The predicted molar refractivity (Wildman–Crippen MR) is 77.7 cm³/mol. The highest BCUT2D eigenvalue weighted by atomic mass is 16.6. The van der Waals surface area contributed by atoms with E-state index in [0.29, 0.717) is 23.5 Å². The highest BCUT2D eigenvalue weighted by Gasteiger charge is 2.30. The summed E-state index contributed by atoms with van der Waals surface area (Å²) in [6.07, 6.45) is -0.420. The van der Waals surface area contributed by atoms with Crippen molar-refractivity contribution in [3.63, 3.8) is 0 Å². The third kappa shape index (κ3) is 3.25. The smallest absolute Gasteiger partial charge is 0.347 e. The summed E-state index contributed by atoms with van der Waals surface area (Å²) in [7, 11) is 0. The summed E-state index contributed by atoms with van der Waals surface area (Å²) in [4.78, 5) is 23.4. The van der Waals surface area contributed by atoms with Gasteiger partial charge < -0.3 is 14.2 Å². The van der Waals surface area contributed by atoms with Gasteiger partial charge in [-0.15, -0.1) is 0 Å². The molecule has 2 aromatic carbocycles. The van der Waals surface area contributed by atoms with E-state index in [2.05, 4.69) is 0 Å². The van der Waals surface area contributed by atoms with Crippen molar-refractivity contribution in [2.24, 2.45) is 0 Å². The minimum absolute atomic E-state index is 0.286. The molecule has 0 amide bonds. The second-order valence-electron chi connectivity index (χ2n) is 4.79. The number of hydrogen-bond acceptors (Lipinski definition) is 5. The molecule has 3 rings (SSSR count). The van der Waals surface area contributed by atoms with Crippen LogP contribution in [-0.2, 0) is 14.3 Å². The molecule has 0 aliphatic carbocycles. The maximum absolute atomic E-state index is 12.1. The molecule has 1 aliphatic rings. The van der Waals surface area contributed by atoms with E-state index in [1.807, 2.05) is 30.3 Å².